The minimum Gasteiger partial charge on any atom is -0.390 e. The van der Waals surface area contributed by atoms with Gasteiger partial charge in [0, 0.05) is 26.7 Å². The van der Waals surface area contributed by atoms with E-state index in [1.54, 1.807) is 0 Å². The number of benzene rings is 2. The molecule has 1 aliphatic heterocycles. The Morgan fingerprint density at radius 2 is 1.65 bits per heavy atom. The molecule has 0 bridgehead atoms. The van der Waals surface area contributed by atoms with Crippen LogP contribution in [-0.4, -0.2) is 35.0 Å². The van der Waals surface area contributed by atoms with E-state index in [1.165, 1.54) is 0 Å². The van der Waals surface area contributed by atoms with Gasteiger partial charge in [-0.3, -0.25) is 0 Å². The van der Waals surface area contributed by atoms with Crippen LogP contribution in [0.1, 0.15) is 6.04 Å². The maximum atomic E-state index is 10.7. The first-order valence-electron chi connectivity index (χ1n) is 7.59. The first-order valence-corrected chi connectivity index (χ1v) is 7.59. The average molecular weight is 308 g/mol. The van der Waals surface area contributed by atoms with Gasteiger partial charge >= 0.3 is 0 Å². The van der Waals surface area contributed by atoms with E-state index in [0.717, 1.165) is 21.8 Å². The van der Waals surface area contributed by atoms with Crippen LogP contribution in [0.25, 0.3) is 32.2 Å². The van der Waals surface area contributed by atoms with Crippen LogP contribution in [0, 0.1) is 0 Å². The third kappa shape index (κ3) is 2.16. The second-order valence-electron chi connectivity index (χ2n) is 5.77. The van der Waals surface area contributed by atoms with Crippen LogP contribution in [-0.2, 0) is 4.74 Å². The summed E-state index contributed by atoms with van der Waals surface area (Å²) < 4.78 is 7.70. The van der Waals surface area contributed by atoms with Crippen molar-refractivity contribution < 1.29 is 9.84 Å². The van der Waals surface area contributed by atoms with E-state index in [4.69, 9.17) is 10.3 Å². The molecule has 23 heavy (non-hydrogen) atoms. The van der Waals surface area contributed by atoms with Crippen LogP contribution in [0.4, 0.5) is 0 Å². The second kappa shape index (κ2) is 5.59. The van der Waals surface area contributed by atoms with Gasteiger partial charge in [0.2, 0.25) is 0 Å². The molecule has 0 amide bonds. The average Bonchev–Trinajstić information content (AvgIpc) is 2.92. The number of hydrogen-bond donors (Lipinski definition) is 1. The number of aliphatic hydroxyl groups is 1. The van der Waals surface area contributed by atoms with E-state index >= 15 is 0 Å². The summed E-state index contributed by atoms with van der Waals surface area (Å²) in [6, 6.07) is 15.4. The van der Waals surface area contributed by atoms with Crippen LogP contribution in [0.15, 0.2) is 53.6 Å². The third-order valence-corrected chi connectivity index (χ3v) is 4.51. The Hall–Kier alpha value is -2.53. The Balaban J connectivity index is 1.94. The molecule has 6 nitrogen and oxygen atoms in total. The first-order chi connectivity index (χ1) is 11.3. The topological polar surface area (TPSA) is 83.2 Å². The zero-order chi connectivity index (χ0) is 15.8. The molecule has 2 aromatic carbocycles. The number of nitrogens with zero attached hydrogens (tertiary/aromatic N) is 4. The van der Waals surface area contributed by atoms with Crippen molar-refractivity contribution in [1.82, 2.24) is 4.57 Å². The number of hydrogen-bond acceptors (Lipinski definition) is 3. The number of rotatable bonds is 2. The molecule has 3 atom stereocenters. The van der Waals surface area contributed by atoms with E-state index in [9.17, 15) is 5.11 Å². The fourth-order valence-electron chi connectivity index (χ4n) is 3.47. The van der Waals surface area contributed by atoms with Gasteiger partial charge in [0.15, 0.2) is 0 Å². The van der Waals surface area contributed by atoms with E-state index in [2.05, 4.69) is 26.7 Å². The maximum absolute atomic E-state index is 10.7. The lowest BCUT2D eigenvalue weighted by Crippen LogP contribution is -2.43. The molecule has 0 spiro atoms. The van der Waals surface area contributed by atoms with Gasteiger partial charge in [0.25, 0.3) is 0 Å². The van der Waals surface area contributed by atoms with Gasteiger partial charge in [-0.25, -0.2) is 0 Å². The van der Waals surface area contributed by atoms with Crippen LogP contribution in [0.5, 0.6) is 0 Å². The van der Waals surface area contributed by atoms with Gasteiger partial charge in [-0.05, 0) is 17.7 Å². The summed E-state index contributed by atoms with van der Waals surface area (Å²) in [5.41, 5.74) is 10.8. The van der Waals surface area contributed by atoms with Gasteiger partial charge in [-0.1, -0.05) is 41.5 Å². The molecular weight excluding hydrogens is 292 g/mol. The summed E-state index contributed by atoms with van der Waals surface area (Å²) in [5, 5.41) is 16.6. The van der Waals surface area contributed by atoms with E-state index < -0.39 is 12.1 Å². The highest BCUT2D eigenvalue weighted by Gasteiger charge is 2.34. The number of fused-ring (bicyclic) bond motifs is 3. The van der Waals surface area contributed by atoms with Crippen molar-refractivity contribution in [2.24, 2.45) is 5.11 Å². The molecule has 1 N–H and O–H groups in total. The summed E-state index contributed by atoms with van der Waals surface area (Å²) in [4.78, 5) is 2.83. The van der Waals surface area contributed by atoms with Crippen molar-refractivity contribution in [3.05, 3.63) is 59.0 Å². The van der Waals surface area contributed by atoms with Crippen molar-refractivity contribution >= 4 is 21.8 Å². The van der Waals surface area contributed by atoms with E-state index in [-0.39, 0.29) is 12.6 Å². The summed E-state index contributed by atoms with van der Waals surface area (Å²) >= 11 is 0. The molecule has 3 aromatic rings. The lowest BCUT2D eigenvalue weighted by molar-refractivity contribution is -0.0413. The standard InChI is InChI=1S/C17H16N4O2/c18-20-19-13-9-23-10-16(17(13)22)21-14-7-3-1-5-11(14)12-6-2-4-8-15(12)21/h1-8,13,16-17,22H,9-10H2/t13-,16?,17+/m1/s1. The van der Waals surface area contributed by atoms with Crippen LogP contribution < -0.4 is 0 Å². The summed E-state index contributed by atoms with van der Waals surface area (Å²) in [6.07, 6.45) is -0.779. The normalized spacial score (nSPS) is 24.7. The second-order valence-corrected chi connectivity index (χ2v) is 5.77. The molecule has 1 aliphatic rings. The highest BCUT2D eigenvalue weighted by Crippen LogP contribution is 2.35. The van der Waals surface area contributed by atoms with Crippen LogP contribution in [0.2, 0.25) is 0 Å². The smallest absolute Gasteiger partial charge is 0.0888 e. The van der Waals surface area contributed by atoms with E-state index in [0.29, 0.717) is 6.61 Å². The van der Waals surface area contributed by atoms with Gasteiger partial charge in [0.1, 0.15) is 0 Å². The molecule has 116 valence electrons. The molecule has 1 unspecified atom stereocenters. The Labute approximate surface area is 132 Å². The third-order valence-electron chi connectivity index (χ3n) is 4.51. The monoisotopic (exact) mass is 308 g/mol. The predicted octanol–water partition coefficient (Wildman–Crippen LogP) is 3.41. The molecule has 1 saturated heterocycles. The van der Waals surface area contributed by atoms with Crippen molar-refractivity contribution in [1.29, 1.82) is 0 Å². The number of aliphatic hydroxyl groups excluding tert-OH is 1. The minimum atomic E-state index is -0.779. The van der Waals surface area contributed by atoms with Gasteiger partial charge in [0.05, 0.1) is 31.4 Å². The summed E-state index contributed by atoms with van der Waals surface area (Å²) in [6.45, 7) is 0.639. The minimum absolute atomic E-state index is 0.249. The SMILES string of the molecule is [N-]=[N+]=N[C@@H]1COCC(n2c3ccccc3c3ccccc32)[C@H]1O. The first kappa shape index (κ1) is 14.1. The Bertz CT molecular complexity index is 860. The molecule has 0 aliphatic carbocycles. The predicted molar refractivity (Wildman–Crippen MR) is 88.2 cm³/mol. The van der Waals surface area contributed by atoms with Crippen molar-refractivity contribution in [2.45, 2.75) is 18.2 Å². The van der Waals surface area contributed by atoms with E-state index in [1.807, 2.05) is 36.4 Å². The highest BCUT2D eigenvalue weighted by atomic mass is 16.5. The van der Waals surface area contributed by atoms with Gasteiger partial charge in [-0.2, -0.15) is 0 Å². The summed E-state index contributed by atoms with van der Waals surface area (Å²) in [7, 11) is 0. The zero-order valence-corrected chi connectivity index (χ0v) is 12.4. The molecule has 1 aromatic heterocycles. The number of azide groups is 1. The molecule has 1 fully saturated rings. The molecule has 2 heterocycles. The fraction of sp³-hybridized carbons (Fsp3) is 0.294. The molecular formula is C17H16N4O2. The van der Waals surface area contributed by atoms with Crippen LogP contribution in [0.3, 0.4) is 0 Å². The van der Waals surface area contributed by atoms with Gasteiger partial charge in [-0.15, -0.1) is 0 Å². The lowest BCUT2D eigenvalue weighted by Gasteiger charge is -2.34. The summed E-state index contributed by atoms with van der Waals surface area (Å²) in [5.74, 6) is 0. The van der Waals surface area contributed by atoms with Crippen molar-refractivity contribution in [3.8, 4) is 0 Å². The zero-order valence-electron chi connectivity index (χ0n) is 12.4. The highest BCUT2D eigenvalue weighted by molar-refractivity contribution is 6.08. The quantitative estimate of drug-likeness (QED) is 0.447. The largest absolute Gasteiger partial charge is 0.390 e. The number of ether oxygens (including phenoxy) is 1. The molecule has 0 radical (unpaired) electrons. The molecule has 0 saturated carbocycles. The molecule has 6 heteroatoms. The van der Waals surface area contributed by atoms with Gasteiger partial charge < -0.3 is 14.4 Å². The van der Waals surface area contributed by atoms with Crippen molar-refractivity contribution in [3.63, 3.8) is 0 Å². The Morgan fingerprint density at radius 3 is 2.26 bits per heavy atom. The Kier molecular flexibility index (Phi) is 3.42. The fourth-order valence-corrected chi connectivity index (χ4v) is 3.47. The molecule has 4 rings (SSSR count). The van der Waals surface area contributed by atoms with Crippen LogP contribution >= 0.6 is 0 Å². The number of aromatic nitrogens is 1. The maximum Gasteiger partial charge on any atom is 0.0888 e. The van der Waals surface area contributed by atoms with Crippen molar-refractivity contribution in [2.75, 3.05) is 13.2 Å². The Morgan fingerprint density at radius 1 is 1.04 bits per heavy atom. The number of para-hydroxylation sites is 2. The lowest BCUT2D eigenvalue weighted by atomic mass is 10.0.